The molecule has 1 aromatic rings. The van der Waals surface area contributed by atoms with Gasteiger partial charge < -0.3 is 10.6 Å². The predicted octanol–water partition coefficient (Wildman–Crippen LogP) is 2.81. The molecule has 0 fully saturated rings. The van der Waals surface area contributed by atoms with Crippen LogP contribution in [0.15, 0.2) is 24.3 Å². The summed E-state index contributed by atoms with van der Waals surface area (Å²) < 4.78 is 0. The van der Waals surface area contributed by atoms with Crippen LogP contribution in [-0.4, -0.2) is 17.9 Å². The summed E-state index contributed by atoms with van der Waals surface area (Å²) in [6, 6.07) is 6.45. The number of hydrogen-bond acceptors (Lipinski definition) is 2. The molecule has 0 aromatic heterocycles. The van der Waals surface area contributed by atoms with Crippen molar-refractivity contribution in [1.29, 1.82) is 0 Å². The van der Waals surface area contributed by atoms with Gasteiger partial charge in [0.2, 0.25) is 0 Å². The Labute approximate surface area is 113 Å². The lowest BCUT2D eigenvalue weighted by molar-refractivity contribution is 0.101. The van der Waals surface area contributed by atoms with Crippen molar-refractivity contribution in [1.82, 2.24) is 5.32 Å². The number of ketones is 1. The maximum Gasteiger partial charge on any atom is 0.319 e. The molecule has 1 aromatic carbocycles. The molecule has 1 rings (SSSR count). The van der Waals surface area contributed by atoms with E-state index in [1.54, 1.807) is 24.3 Å². The Morgan fingerprint density at radius 1 is 1.42 bits per heavy atom. The van der Waals surface area contributed by atoms with Crippen molar-refractivity contribution in [2.45, 2.75) is 32.7 Å². The number of carbonyl (C=O) groups excluding carboxylic acids is 2. The Morgan fingerprint density at radius 2 is 2.16 bits per heavy atom. The molecule has 1 unspecified atom stereocenters. The first-order chi connectivity index (χ1) is 9.06. The Hall–Kier alpha value is -2.28. The lowest BCUT2D eigenvalue weighted by atomic mass is 10.1. The summed E-state index contributed by atoms with van der Waals surface area (Å²) in [5, 5.41) is 5.48. The van der Waals surface area contributed by atoms with Crippen LogP contribution >= 0.6 is 0 Å². The van der Waals surface area contributed by atoms with E-state index in [2.05, 4.69) is 16.6 Å². The lowest BCUT2D eigenvalue weighted by Crippen LogP contribution is -2.37. The molecule has 100 valence electrons. The second kappa shape index (κ2) is 7.22. The van der Waals surface area contributed by atoms with E-state index in [4.69, 9.17) is 6.42 Å². The van der Waals surface area contributed by atoms with Crippen molar-refractivity contribution in [2.24, 2.45) is 0 Å². The number of hydrogen-bond donors (Lipinski definition) is 2. The fourth-order valence-electron chi connectivity index (χ4n) is 1.61. The fraction of sp³-hybridized carbons (Fsp3) is 0.333. The van der Waals surface area contributed by atoms with E-state index < -0.39 is 0 Å². The van der Waals surface area contributed by atoms with E-state index in [1.807, 2.05) is 6.92 Å². The number of Topliss-reactive ketones (excluding diaryl/α,β-unsaturated/α-hetero) is 1. The van der Waals surface area contributed by atoms with E-state index >= 15 is 0 Å². The SMILES string of the molecule is C#CCC(CC)NC(=O)Nc1cccc(C(C)=O)c1. The van der Waals surface area contributed by atoms with Crippen molar-refractivity contribution in [3.63, 3.8) is 0 Å². The van der Waals surface area contributed by atoms with Crippen molar-refractivity contribution in [3.05, 3.63) is 29.8 Å². The van der Waals surface area contributed by atoms with E-state index in [0.29, 0.717) is 17.7 Å². The summed E-state index contributed by atoms with van der Waals surface area (Å²) in [4.78, 5) is 23.0. The summed E-state index contributed by atoms with van der Waals surface area (Å²) in [7, 11) is 0. The fourth-order valence-corrected chi connectivity index (χ4v) is 1.61. The molecule has 4 heteroatoms. The highest BCUT2D eigenvalue weighted by Crippen LogP contribution is 2.11. The molecular weight excluding hydrogens is 240 g/mol. The monoisotopic (exact) mass is 258 g/mol. The predicted molar refractivity (Wildman–Crippen MR) is 76.1 cm³/mol. The summed E-state index contributed by atoms with van der Waals surface area (Å²) in [6.07, 6.45) is 6.49. The van der Waals surface area contributed by atoms with E-state index in [1.165, 1.54) is 6.92 Å². The van der Waals surface area contributed by atoms with Crippen LogP contribution in [0.3, 0.4) is 0 Å². The smallest absolute Gasteiger partial charge is 0.319 e. The summed E-state index contributed by atoms with van der Waals surface area (Å²) in [5.74, 6) is 2.49. The highest BCUT2D eigenvalue weighted by Gasteiger charge is 2.09. The van der Waals surface area contributed by atoms with Crippen molar-refractivity contribution < 1.29 is 9.59 Å². The molecule has 19 heavy (non-hydrogen) atoms. The number of terminal acetylenes is 1. The topological polar surface area (TPSA) is 58.2 Å². The minimum atomic E-state index is -0.317. The third kappa shape index (κ3) is 4.84. The van der Waals surface area contributed by atoms with Gasteiger partial charge in [-0.05, 0) is 25.5 Å². The number of rotatable bonds is 5. The second-order valence-electron chi connectivity index (χ2n) is 4.25. The van der Waals surface area contributed by atoms with Crippen LogP contribution < -0.4 is 10.6 Å². The summed E-state index contributed by atoms with van der Waals surface area (Å²) in [6.45, 7) is 3.44. The normalized spacial score (nSPS) is 11.2. The van der Waals surface area contributed by atoms with Gasteiger partial charge in [0, 0.05) is 23.7 Å². The zero-order chi connectivity index (χ0) is 14.3. The Bertz CT molecular complexity index is 503. The third-order valence-electron chi connectivity index (χ3n) is 2.72. The highest BCUT2D eigenvalue weighted by molar-refractivity contribution is 5.96. The molecule has 0 aliphatic heterocycles. The Morgan fingerprint density at radius 3 is 2.74 bits per heavy atom. The van der Waals surface area contributed by atoms with Gasteiger partial charge in [0.15, 0.2) is 5.78 Å². The third-order valence-corrected chi connectivity index (χ3v) is 2.72. The molecule has 0 heterocycles. The van der Waals surface area contributed by atoms with Crippen molar-refractivity contribution in [3.8, 4) is 12.3 Å². The summed E-state index contributed by atoms with van der Waals surface area (Å²) >= 11 is 0. The van der Waals surface area contributed by atoms with Gasteiger partial charge in [-0.25, -0.2) is 4.79 Å². The minimum absolute atomic E-state index is 0.0391. The molecule has 0 aliphatic rings. The number of anilines is 1. The van der Waals surface area contributed by atoms with E-state index in [-0.39, 0.29) is 17.9 Å². The molecule has 0 radical (unpaired) electrons. The molecule has 0 spiro atoms. The van der Waals surface area contributed by atoms with E-state index in [9.17, 15) is 9.59 Å². The first-order valence-corrected chi connectivity index (χ1v) is 6.18. The molecule has 4 nitrogen and oxygen atoms in total. The quantitative estimate of drug-likeness (QED) is 0.630. The van der Waals surface area contributed by atoms with Crippen LogP contribution in [0.2, 0.25) is 0 Å². The number of nitrogens with one attached hydrogen (secondary N) is 2. The zero-order valence-electron chi connectivity index (χ0n) is 11.2. The number of urea groups is 1. The van der Waals surface area contributed by atoms with E-state index in [0.717, 1.165) is 6.42 Å². The molecule has 0 bridgehead atoms. The van der Waals surface area contributed by atoms with Crippen molar-refractivity contribution >= 4 is 17.5 Å². The molecule has 0 saturated heterocycles. The van der Waals surface area contributed by atoms with Gasteiger partial charge in [-0.1, -0.05) is 19.1 Å². The largest absolute Gasteiger partial charge is 0.334 e. The maximum atomic E-state index is 11.8. The van der Waals surface area contributed by atoms with Crippen LogP contribution in [0.5, 0.6) is 0 Å². The number of amides is 2. The summed E-state index contributed by atoms with van der Waals surface area (Å²) in [5.41, 5.74) is 1.15. The second-order valence-corrected chi connectivity index (χ2v) is 4.25. The lowest BCUT2D eigenvalue weighted by Gasteiger charge is -2.15. The molecule has 1 atom stereocenters. The zero-order valence-corrected chi connectivity index (χ0v) is 11.2. The Balaban J connectivity index is 2.64. The average Bonchev–Trinajstić information content (AvgIpc) is 2.38. The van der Waals surface area contributed by atoms with Gasteiger partial charge >= 0.3 is 6.03 Å². The van der Waals surface area contributed by atoms with Crippen LogP contribution in [0, 0.1) is 12.3 Å². The van der Waals surface area contributed by atoms with Crippen LogP contribution in [-0.2, 0) is 0 Å². The first-order valence-electron chi connectivity index (χ1n) is 6.18. The Kier molecular flexibility index (Phi) is 5.62. The van der Waals surface area contributed by atoms with Gasteiger partial charge in [-0.3, -0.25) is 4.79 Å². The molecule has 2 N–H and O–H groups in total. The highest BCUT2D eigenvalue weighted by atomic mass is 16.2. The average molecular weight is 258 g/mol. The van der Waals surface area contributed by atoms with Crippen LogP contribution in [0.1, 0.15) is 37.0 Å². The van der Waals surface area contributed by atoms with Gasteiger partial charge in [-0.15, -0.1) is 12.3 Å². The van der Waals surface area contributed by atoms with Gasteiger partial charge in [0.1, 0.15) is 0 Å². The first kappa shape index (κ1) is 14.8. The van der Waals surface area contributed by atoms with Crippen molar-refractivity contribution in [2.75, 3.05) is 5.32 Å². The number of carbonyl (C=O) groups is 2. The van der Waals surface area contributed by atoms with Gasteiger partial charge in [0.05, 0.1) is 0 Å². The standard InChI is InChI=1S/C15H18N2O2/c1-4-7-13(5-2)16-15(19)17-14-9-6-8-12(10-14)11(3)18/h1,6,8-10,13H,5,7H2,2-3H3,(H2,16,17,19). The van der Waals surface area contributed by atoms with Crippen LogP contribution in [0.25, 0.3) is 0 Å². The minimum Gasteiger partial charge on any atom is -0.334 e. The molecule has 0 saturated carbocycles. The molecule has 0 aliphatic carbocycles. The maximum absolute atomic E-state index is 11.8. The molecule has 2 amide bonds. The van der Waals surface area contributed by atoms with Gasteiger partial charge in [-0.2, -0.15) is 0 Å². The molecular formula is C15H18N2O2. The number of benzene rings is 1. The van der Waals surface area contributed by atoms with Crippen LogP contribution in [0.4, 0.5) is 10.5 Å². The van der Waals surface area contributed by atoms with Gasteiger partial charge in [0.25, 0.3) is 0 Å².